The lowest BCUT2D eigenvalue weighted by molar-refractivity contribution is -0.122. The summed E-state index contributed by atoms with van der Waals surface area (Å²) in [6, 6.07) is 9.65. The molecule has 0 radical (unpaired) electrons. The van der Waals surface area contributed by atoms with Gasteiger partial charge in [0, 0.05) is 0 Å². The molecule has 0 heterocycles. The highest BCUT2D eigenvalue weighted by Crippen LogP contribution is 2.20. The Hall–Kier alpha value is -3.01. The van der Waals surface area contributed by atoms with Crippen LogP contribution < -0.4 is 10.1 Å². The van der Waals surface area contributed by atoms with Crippen LogP contribution in [0.15, 0.2) is 36.4 Å². The first-order valence-corrected chi connectivity index (χ1v) is 6.53. The number of hydrogen-bond donors (Lipinski definition) is 1. The quantitative estimate of drug-likeness (QED) is 0.879. The van der Waals surface area contributed by atoms with E-state index in [9.17, 15) is 18.0 Å². The Morgan fingerprint density at radius 3 is 2.65 bits per heavy atom. The van der Waals surface area contributed by atoms with E-state index in [-0.39, 0.29) is 5.75 Å². The smallest absolute Gasteiger partial charge is 0.265 e. The van der Waals surface area contributed by atoms with E-state index in [4.69, 9.17) is 10.00 Å². The van der Waals surface area contributed by atoms with Gasteiger partial charge in [-0.1, -0.05) is 6.07 Å². The Bertz CT molecular complexity index is 787. The average molecular weight is 320 g/mol. The van der Waals surface area contributed by atoms with E-state index in [2.05, 4.69) is 5.32 Å². The first kappa shape index (κ1) is 16.4. The number of carbonyl (C=O) groups is 1. The Balaban J connectivity index is 2.08. The molecule has 2 aromatic carbocycles. The minimum Gasteiger partial charge on any atom is -0.481 e. The molecule has 0 aliphatic heterocycles. The molecule has 0 saturated heterocycles. The second-order valence-electron chi connectivity index (χ2n) is 4.61. The van der Waals surface area contributed by atoms with Gasteiger partial charge in [-0.05, 0) is 37.3 Å². The predicted octanol–water partition coefficient (Wildman–Crippen LogP) is 3.38. The fraction of sp³-hybridized carbons (Fsp3) is 0.125. The summed E-state index contributed by atoms with van der Waals surface area (Å²) in [6.45, 7) is 1.40. The lowest BCUT2D eigenvalue weighted by atomic mass is 10.2. The van der Waals surface area contributed by atoms with Crippen molar-refractivity contribution in [2.24, 2.45) is 0 Å². The van der Waals surface area contributed by atoms with Crippen molar-refractivity contribution in [1.29, 1.82) is 5.26 Å². The van der Waals surface area contributed by atoms with Crippen LogP contribution in [-0.4, -0.2) is 12.0 Å². The molecule has 2 aromatic rings. The minimum atomic E-state index is -1.67. The minimum absolute atomic E-state index is 0.275. The number of nitrogens with one attached hydrogen (secondary N) is 1. The normalized spacial score (nSPS) is 11.4. The molecule has 4 nitrogen and oxygen atoms in total. The van der Waals surface area contributed by atoms with Gasteiger partial charge in [-0.25, -0.2) is 13.2 Å². The molecule has 0 fully saturated rings. The highest BCUT2D eigenvalue weighted by Gasteiger charge is 2.19. The summed E-state index contributed by atoms with van der Waals surface area (Å²) in [5.74, 6) is -4.98. The topological polar surface area (TPSA) is 62.1 Å². The molecule has 0 aliphatic carbocycles. The van der Waals surface area contributed by atoms with Gasteiger partial charge in [-0.2, -0.15) is 5.26 Å². The van der Waals surface area contributed by atoms with Gasteiger partial charge >= 0.3 is 0 Å². The van der Waals surface area contributed by atoms with Crippen molar-refractivity contribution in [3.05, 3.63) is 59.4 Å². The molecule has 0 bridgehead atoms. The molecule has 0 aliphatic rings. The van der Waals surface area contributed by atoms with E-state index in [1.165, 1.54) is 13.0 Å². The van der Waals surface area contributed by atoms with E-state index >= 15 is 0 Å². The number of anilines is 1. The van der Waals surface area contributed by atoms with Gasteiger partial charge in [-0.3, -0.25) is 4.79 Å². The molecule has 1 atom stereocenters. The molecule has 1 unspecified atom stereocenters. The lowest BCUT2D eigenvalue weighted by Crippen LogP contribution is -2.30. The highest BCUT2D eigenvalue weighted by atomic mass is 19.2. The van der Waals surface area contributed by atoms with Gasteiger partial charge in [0.1, 0.15) is 5.75 Å². The Morgan fingerprint density at radius 1 is 1.22 bits per heavy atom. The molecule has 23 heavy (non-hydrogen) atoms. The maximum Gasteiger partial charge on any atom is 0.265 e. The van der Waals surface area contributed by atoms with Crippen molar-refractivity contribution >= 4 is 11.6 Å². The molecule has 0 spiro atoms. The molecule has 2 rings (SSSR count). The van der Waals surface area contributed by atoms with E-state index in [1.54, 1.807) is 18.2 Å². The Labute approximate surface area is 130 Å². The fourth-order valence-corrected chi connectivity index (χ4v) is 1.75. The van der Waals surface area contributed by atoms with Crippen molar-refractivity contribution in [1.82, 2.24) is 0 Å². The van der Waals surface area contributed by atoms with Crippen LogP contribution in [0.25, 0.3) is 0 Å². The summed E-state index contributed by atoms with van der Waals surface area (Å²) in [7, 11) is 0. The zero-order chi connectivity index (χ0) is 17.0. The number of halogens is 3. The summed E-state index contributed by atoms with van der Waals surface area (Å²) in [5, 5.41) is 10.9. The molecule has 7 heteroatoms. The Morgan fingerprint density at radius 2 is 1.96 bits per heavy atom. The first-order valence-electron chi connectivity index (χ1n) is 6.53. The number of nitrogens with zero attached hydrogens (tertiary/aromatic N) is 1. The van der Waals surface area contributed by atoms with Crippen LogP contribution >= 0.6 is 0 Å². The summed E-state index contributed by atoms with van der Waals surface area (Å²) < 4.78 is 44.8. The summed E-state index contributed by atoms with van der Waals surface area (Å²) in [6.07, 6.45) is -1.04. The molecular formula is C16H11F3N2O2. The zero-order valence-electron chi connectivity index (χ0n) is 11.9. The second-order valence-corrected chi connectivity index (χ2v) is 4.61. The SMILES string of the molecule is CC(Oc1cccc(C#N)c1)C(=O)Nc1ccc(F)c(F)c1F. The largest absolute Gasteiger partial charge is 0.481 e. The van der Waals surface area contributed by atoms with Gasteiger partial charge in [0.25, 0.3) is 5.91 Å². The standard InChI is InChI=1S/C16H11F3N2O2/c1-9(23-11-4-2-3-10(7-11)8-20)16(22)21-13-6-5-12(17)14(18)15(13)19/h2-7,9H,1H3,(H,21,22). The summed E-state index contributed by atoms with van der Waals surface area (Å²) in [4.78, 5) is 11.9. The maximum absolute atomic E-state index is 13.5. The number of benzene rings is 2. The molecule has 0 aromatic heterocycles. The van der Waals surface area contributed by atoms with Crippen LogP contribution in [0.3, 0.4) is 0 Å². The lowest BCUT2D eigenvalue weighted by Gasteiger charge is -2.15. The van der Waals surface area contributed by atoms with Crippen molar-refractivity contribution in [3.8, 4) is 11.8 Å². The van der Waals surface area contributed by atoms with Crippen LogP contribution in [-0.2, 0) is 4.79 Å². The van der Waals surface area contributed by atoms with Crippen LogP contribution in [0.1, 0.15) is 12.5 Å². The molecule has 0 saturated carbocycles. The predicted molar refractivity (Wildman–Crippen MR) is 76.2 cm³/mol. The van der Waals surface area contributed by atoms with Gasteiger partial charge in [0.15, 0.2) is 23.6 Å². The number of nitriles is 1. The highest BCUT2D eigenvalue weighted by molar-refractivity contribution is 5.94. The van der Waals surface area contributed by atoms with Gasteiger partial charge < -0.3 is 10.1 Å². The van der Waals surface area contributed by atoms with Crippen molar-refractivity contribution in [2.75, 3.05) is 5.32 Å². The van der Waals surface area contributed by atoms with Crippen molar-refractivity contribution in [3.63, 3.8) is 0 Å². The van der Waals surface area contributed by atoms with Gasteiger partial charge in [-0.15, -0.1) is 0 Å². The molecule has 118 valence electrons. The maximum atomic E-state index is 13.5. The summed E-state index contributed by atoms with van der Waals surface area (Å²) >= 11 is 0. The van der Waals surface area contributed by atoms with Crippen LogP contribution in [0.2, 0.25) is 0 Å². The van der Waals surface area contributed by atoms with Crippen LogP contribution in [0.5, 0.6) is 5.75 Å². The Kier molecular flexibility index (Phi) is 4.86. The third-order valence-electron chi connectivity index (χ3n) is 2.94. The number of rotatable bonds is 4. The zero-order valence-corrected chi connectivity index (χ0v) is 11.9. The third kappa shape index (κ3) is 3.80. The number of hydrogen-bond acceptors (Lipinski definition) is 3. The fourth-order valence-electron chi connectivity index (χ4n) is 1.75. The van der Waals surface area contributed by atoms with E-state index < -0.39 is 35.2 Å². The van der Waals surface area contributed by atoms with E-state index in [0.717, 1.165) is 6.07 Å². The number of amides is 1. The second kappa shape index (κ2) is 6.83. The van der Waals surface area contributed by atoms with Crippen LogP contribution in [0.4, 0.5) is 18.9 Å². The number of carbonyl (C=O) groups excluding carboxylic acids is 1. The average Bonchev–Trinajstić information content (AvgIpc) is 2.55. The van der Waals surface area contributed by atoms with Crippen LogP contribution in [0, 0.1) is 28.8 Å². The first-order chi connectivity index (χ1) is 10.9. The molecule has 1 amide bonds. The van der Waals surface area contributed by atoms with Crippen molar-refractivity contribution < 1.29 is 22.7 Å². The summed E-state index contributed by atoms with van der Waals surface area (Å²) in [5.41, 5.74) is -0.142. The van der Waals surface area contributed by atoms with Gasteiger partial charge in [0.2, 0.25) is 0 Å². The molecular weight excluding hydrogens is 309 g/mol. The molecule has 1 N–H and O–H groups in total. The van der Waals surface area contributed by atoms with Gasteiger partial charge in [0.05, 0.1) is 17.3 Å². The monoisotopic (exact) mass is 320 g/mol. The van der Waals surface area contributed by atoms with E-state index in [0.29, 0.717) is 11.6 Å². The van der Waals surface area contributed by atoms with Crippen molar-refractivity contribution in [2.45, 2.75) is 13.0 Å². The third-order valence-corrected chi connectivity index (χ3v) is 2.94. The number of ether oxygens (including phenoxy) is 1. The van der Waals surface area contributed by atoms with E-state index in [1.807, 2.05) is 6.07 Å².